The number of nitrogens with one attached hydrogen (secondary N) is 1. The molecule has 1 fully saturated rings. The van der Waals surface area contributed by atoms with Gasteiger partial charge in [0.15, 0.2) is 11.6 Å². The van der Waals surface area contributed by atoms with Gasteiger partial charge in [-0.2, -0.15) is 15.6 Å². The van der Waals surface area contributed by atoms with Gasteiger partial charge in [-0.25, -0.2) is 15.0 Å². The summed E-state index contributed by atoms with van der Waals surface area (Å²) < 4.78 is 19.7. The minimum Gasteiger partial charge on any atom is -0.364 e. The van der Waals surface area contributed by atoms with Crippen molar-refractivity contribution >= 4 is 44.9 Å². The number of rotatable bonds is 4. The zero-order valence-corrected chi connectivity index (χ0v) is 16.0. The summed E-state index contributed by atoms with van der Waals surface area (Å²) in [6.07, 6.45) is 1.47. The lowest BCUT2D eigenvalue weighted by atomic mass is 10.2. The highest BCUT2D eigenvalue weighted by Gasteiger charge is 2.26. The summed E-state index contributed by atoms with van der Waals surface area (Å²) >= 11 is 6.16. The van der Waals surface area contributed by atoms with Crippen LogP contribution < -0.4 is 10.2 Å². The van der Waals surface area contributed by atoms with Gasteiger partial charge >= 0.3 is 0 Å². The van der Waals surface area contributed by atoms with Crippen LogP contribution in [-0.2, 0) is 6.54 Å². The Kier molecular flexibility index (Phi) is 5.00. The number of hydrogen-bond donors (Lipinski definition) is 3. The summed E-state index contributed by atoms with van der Waals surface area (Å²) in [5.41, 5.74) is 2.25. The van der Waals surface area contributed by atoms with E-state index < -0.39 is 10.6 Å². The molecule has 0 bridgehead atoms. The van der Waals surface area contributed by atoms with Gasteiger partial charge < -0.3 is 10.2 Å². The van der Waals surface area contributed by atoms with Gasteiger partial charge in [0.25, 0.3) is 0 Å². The van der Waals surface area contributed by atoms with E-state index in [0.29, 0.717) is 53.8 Å². The normalized spacial score (nSPS) is 17.7. The van der Waals surface area contributed by atoms with Gasteiger partial charge in [-0.05, 0) is 17.2 Å². The van der Waals surface area contributed by atoms with Gasteiger partial charge in [-0.15, -0.1) is 0 Å². The Labute approximate surface area is 163 Å². The number of benzene rings is 1. The van der Waals surface area contributed by atoms with Crippen molar-refractivity contribution in [1.29, 1.82) is 0 Å². The Hall–Kier alpha value is -2.20. The van der Waals surface area contributed by atoms with Gasteiger partial charge in [0, 0.05) is 19.6 Å². The Bertz CT molecular complexity index is 949. The molecule has 0 aliphatic carbocycles. The third-order valence-corrected chi connectivity index (χ3v) is 6.26. The van der Waals surface area contributed by atoms with Crippen LogP contribution in [0.4, 0.5) is 11.6 Å². The molecule has 10 heteroatoms. The van der Waals surface area contributed by atoms with E-state index in [1.54, 1.807) is 0 Å². The summed E-state index contributed by atoms with van der Waals surface area (Å²) in [7, 11) is -2.50. The van der Waals surface area contributed by atoms with E-state index in [0.717, 1.165) is 5.56 Å². The molecular formula is C17H19ClN6O2S. The molecule has 0 saturated carbocycles. The van der Waals surface area contributed by atoms with Crippen LogP contribution in [0.15, 0.2) is 36.7 Å². The van der Waals surface area contributed by atoms with E-state index in [9.17, 15) is 9.11 Å². The van der Waals surface area contributed by atoms with Gasteiger partial charge in [0.2, 0.25) is 5.28 Å². The summed E-state index contributed by atoms with van der Waals surface area (Å²) in [5, 5.41) is 3.38. The van der Waals surface area contributed by atoms with E-state index in [-0.39, 0.29) is 5.28 Å². The van der Waals surface area contributed by atoms with Crippen molar-refractivity contribution in [2.75, 3.05) is 34.8 Å². The quantitative estimate of drug-likeness (QED) is 0.567. The molecule has 1 aliphatic heterocycles. The molecule has 4 rings (SSSR count). The molecule has 8 nitrogen and oxygen atoms in total. The second kappa shape index (κ2) is 7.43. The fraction of sp³-hybridized carbons (Fsp3) is 0.294. The lowest BCUT2D eigenvalue weighted by Crippen LogP contribution is -2.39. The van der Waals surface area contributed by atoms with Crippen LogP contribution in [0.2, 0.25) is 5.28 Å². The third-order valence-electron chi connectivity index (χ3n) is 4.41. The molecule has 1 aliphatic rings. The SMILES string of the molecule is OS1(O)CCN(c2nc(Cl)nc3c(NCc4ccccc4)ncnc23)CC1. The number of aromatic nitrogens is 4. The monoisotopic (exact) mass is 406 g/mol. The van der Waals surface area contributed by atoms with E-state index in [4.69, 9.17) is 11.6 Å². The molecule has 27 heavy (non-hydrogen) atoms. The first-order valence-corrected chi connectivity index (χ1v) is 10.7. The van der Waals surface area contributed by atoms with E-state index >= 15 is 0 Å². The molecule has 3 heterocycles. The van der Waals surface area contributed by atoms with Gasteiger partial charge in [-0.1, -0.05) is 30.3 Å². The molecule has 0 atom stereocenters. The highest BCUT2D eigenvalue weighted by molar-refractivity contribution is 8.24. The van der Waals surface area contributed by atoms with Crippen LogP contribution in [-0.4, -0.2) is 53.6 Å². The summed E-state index contributed by atoms with van der Waals surface area (Å²) in [5.74, 6) is 1.78. The lowest BCUT2D eigenvalue weighted by molar-refractivity contribution is 0.479. The molecule has 0 radical (unpaired) electrons. The number of nitrogens with zero attached hydrogens (tertiary/aromatic N) is 5. The molecule has 2 aromatic heterocycles. The maximum atomic E-state index is 9.85. The predicted octanol–water partition coefficient (Wildman–Crippen LogP) is 3.26. The minimum absolute atomic E-state index is 0.104. The molecular weight excluding hydrogens is 388 g/mol. The average Bonchev–Trinajstić information content (AvgIpc) is 2.67. The number of anilines is 2. The Morgan fingerprint density at radius 1 is 1.04 bits per heavy atom. The predicted molar refractivity (Wildman–Crippen MR) is 109 cm³/mol. The van der Waals surface area contributed by atoms with Gasteiger partial charge in [0.05, 0.1) is 11.5 Å². The smallest absolute Gasteiger partial charge is 0.225 e. The lowest BCUT2D eigenvalue weighted by Gasteiger charge is -2.41. The van der Waals surface area contributed by atoms with Crippen molar-refractivity contribution in [3.05, 3.63) is 47.5 Å². The largest absolute Gasteiger partial charge is 0.364 e. The zero-order chi connectivity index (χ0) is 18.9. The fourth-order valence-electron chi connectivity index (χ4n) is 2.98. The number of halogens is 1. The highest BCUT2D eigenvalue weighted by atomic mass is 35.5. The maximum Gasteiger partial charge on any atom is 0.225 e. The summed E-state index contributed by atoms with van der Waals surface area (Å²) in [6.45, 7) is 1.54. The first-order valence-electron chi connectivity index (χ1n) is 8.46. The Morgan fingerprint density at radius 3 is 2.52 bits per heavy atom. The van der Waals surface area contributed by atoms with Crippen LogP contribution >= 0.6 is 22.2 Å². The van der Waals surface area contributed by atoms with Crippen molar-refractivity contribution in [2.45, 2.75) is 6.54 Å². The average molecular weight is 407 g/mol. The van der Waals surface area contributed by atoms with E-state index in [1.165, 1.54) is 6.33 Å². The molecule has 1 saturated heterocycles. The number of fused-ring (bicyclic) bond motifs is 1. The molecule has 3 N–H and O–H groups in total. The third kappa shape index (κ3) is 4.06. The first-order chi connectivity index (χ1) is 13.0. The van der Waals surface area contributed by atoms with Gasteiger partial charge in [0.1, 0.15) is 17.4 Å². The summed E-state index contributed by atoms with van der Waals surface area (Å²) in [6, 6.07) is 9.97. The molecule has 0 unspecified atom stereocenters. The van der Waals surface area contributed by atoms with Crippen molar-refractivity contribution < 1.29 is 9.11 Å². The van der Waals surface area contributed by atoms with Crippen molar-refractivity contribution in [1.82, 2.24) is 19.9 Å². The Balaban J connectivity index is 1.66. The van der Waals surface area contributed by atoms with Crippen molar-refractivity contribution in [3.8, 4) is 0 Å². The second-order valence-electron chi connectivity index (χ2n) is 6.27. The topological polar surface area (TPSA) is 107 Å². The fourth-order valence-corrected chi connectivity index (χ4v) is 4.37. The maximum absolute atomic E-state index is 9.85. The van der Waals surface area contributed by atoms with Crippen LogP contribution in [0, 0.1) is 0 Å². The van der Waals surface area contributed by atoms with Crippen molar-refractivity contribution in [2.24, 2.45) is 0 Å². The molecule has 1 aromatic carbocycles. The van der Waals surface area contributed by atoms with Crippen LogP contribution in [0.3, 0.4) is 0 Å². The highest BCUT2D eigenvalue weighted by Crippen LogP contribution is 2.41. The summed E-state index contributed by atoms with van der Waals surface area (Å²) in [4.78, 5) is 19.3. The first kappa shape index (κ1) is 18.2. The molecule has 3 aromatic rings. The van der Waals surface area contributed by atoms with Crippen LogP contribution in [0.1, 0.15) is 5.56 Å². The molecule has 0 spiro atoms. The van der Waals surface area contributed by atoms with E-state index in [1.807, 2.05) is 35.2 Å². The standard InChI is InChI=1S/C17H19ClN6O2S/c18-17-22-13-14(16(23-17)24-6-8-27(25,26)9-7-24)20-11-21-15(13)19-10-12-4-2-1-3-5-12/h1-5,11,25-26H,6-10H2,(H,19,20,21). The van der Waals surface area contributed by atoms with Crippen LogP contribution in [0.25, 0.3) is 11.0 Å². The van der Waals surface area contributed by atoms with Gasteiger partial charge in [-0.3, -0.25) is 9.11 Å². The molecule has 0 amide bonds. The minimum atomic E-state index is -2.50. The Morgan fingerprint density at radius 2 is 1.78 bits per heavy atom. The zero-order valence-electron chi connectivity index (χ0n) is 14.4. The van der Waals surface area contributed by atoms with E-state index in [2.05, 4.69) is 25.3 Å². The molecule has 142 valence electrons. The number of hydrogen-bond acceptors (Lipinski definition) is 8. The van der Waals surface area contributed by atoms with Crippen LogP contribution in [0.5, 0.6) is 0 Å². The van der Waals surface area contributed by atoms with Crippen molar-refractivity contribution in [3.63, 3.8) is 0 Å². The second-order valence-corrected chi connectivity index (χ2v) is 9.03.